The second-order valence-electron chi connectivity index (χ2n) is 5.88. The van der Waals surface area contributed by atoms with Crippen LogP contribution < -0.4 is 15.5 Å². The average Bonchev–Trinajstić information content (AvgIpc) is 3.11. The predicted molar refractivity (Wildman–Crippen MR) is 94.7 cm³/mol. The number of anilines is 2. The topological polar surface area (TPSA) is 44.4 Å². The Labute approximate surface area is 137 Å². The zero-order chi connectivity index (χ0) is 15.9. The Morgan fingerprint density at radius 1 is 0.957 bits per heavy atom. The zero-order valence-corrected chi connectivity index (χ0v) is 13.3. The summed E-state index contributed by atoms with van der Waals surface area (Å²) < 4.78 is 0. The minimum atomic E-state index is -0.0187. The first kappa shape index (κ1) is 15.6. The summed E-state index contributed by atoms with van der Waals surface area (Å²) in [5, 5.41) is 6.08. The first-order valence-corrected chi connectivity index (χ1v) is 8.21. The van der Waals surface area contributed by atoms with Crippen LogP contribution in [0.25, 0.3) is 0 Å². The Bertz CT molecular complexity index is 619. The second-order valence-corrected chi connectivity index (χ2v) is 5.88. The van der Waals surface area contributed by atoms with Gasteiger partial charge in [0.25, 0.3) is 0 Å². The molecule has 3 rings (SSSR count). The van der Waals surface area contributed by atoms with E-state index in [0.29, 0.717) is 13.1 Å². The summed E-state index contributed by atoms with van der Waals surface area (Å²) in [6.45, 7) is 3.27. The van der Waals surface area contributed by atoms with E-state index in [0.717, 1.165) is 18.8 Å². The van der Waals surface area contributed by atoms with E-state index >= 15 is 0 Å². The highest BCUT2D eigenvalue weighted by Crippen LogP contribution is 2.21. The number of benzene rings is 2. The van der Waals surface area contributed by atoms with Gasteiger partial charge in [-0.25, -0.2) is 0 Å². The van der Waals surface area contributed by atoms with Crippen molar-refractivity contribution in [2.24, 2.45) is 0 Å². The van der Waals surface area contributed by atoms with Gasteiger partial charge in [-0.15, -0.1) is 0 Å². The van der Waals surface area contributed by atoms with E-state index in [1.54, 1.807) is 0 Å². The molecule has 1 fully saturated rings. The summed E-state index contributed by atoms with van der Waals surface area (Å²) in [5.41, 5.74) is 3.26. The molecule has 1 aliphatic rings. The first-order chi connectivity index (χ1) is 11.3. The van der Waals surface area contributed by atoms with Crippen LogP contribution in [-0.2, 0) is 11.3 Å². The van der Waals surface area contributed by atoms with E-state index in [4.69, 9.17) is 0 Å². The maximum Gasteiger partial charge on any atom is 0.238 e. The lowest BCUT2D eigenvalue weighted by Crippen LogP contribution is -2.27. The molecule has 2 N–H and O–H groups in total. The summed E-state index contributed by atoms with van der Waals surface area (Å²) in [6.07, 6.45) is 2.54. The summed E-state index contributed by atoms with van der Waals surface area (Å²) in [5.74, 6) is -0.0187. The minimum absolute atomic E-state index is 0.0187. The Morgan fingerprint density at radius 2 is 1.65 bits per heavy atom. The van der Waals surface area contributed by atoms with Gasteiger partial charge in [0, 0.05) is 31.0 Å². The van der Waals surface area contributed by atoms with E-state index < -0.39 is 0 Å². The number of hydrogen-bond donors (Lipinski definition) is 2. The Balaban J connectivity index is 1.44. The Kier molecular flexibility index (Phi) is 5.27. The van der Waals surface area contributed by atoms with Crippen LogP contribution >= 0.6 is 0 Å². The molecule has 1 heterocycles. The SMILES string of the molecule is O=C(CNCc1ccccc1)Nc1ccc(N2CCCC2)cc1. The van der Waals surface area contributed by atoms with E-state index in [1.807, 2.05) is 42.5 Å². The summed E-state index contributed by atoms with van der Waals surface area (Å²) in [4.78, 5) is 14.3. The molecular weight excluding hydrogens is 286 g/mol. The van der Waals surface area contributed by atoms with E-state index in [2.05, 4.69) is 27.7 Å². The Morgan fingerprint density at radius 3 is 2.35 bits per heavy atom. The molecule has 2 aromatic rings. The molecule has 2 aromatic carbocycles. The molecule has 1 aliphatic heterocycles. The van der Waals surface area contributed by atoms with E-state index in [1.165, 1.54) is 24.1 Å². The van der Waals surface area contributed by atoms with Gasteiger partial charge in [-0.3, -0.25) is 4.79 Å². The van der Waals surface area contributed by atoms with Gasteiger partial charge in [-0.05, 0) is 42.7 Å². The molecule has 0 saturated carbocycles. The van der Waals surface area contributed by atoms with Crippen LogP contribution in [0.3, 0.4) is 0 Å². The van der Waals surface area contributed by atoms with Crippen LogP contribution in [0.5, 0.6) is 0 Å². The number of hydrogen-bond acceptors (Lipinski definition) is 3. The molecule has 4 nitrogen and oxygen atoms in total. The summed E-state index contributed by atoms with van der Waals surface area (Å²) >= 11 is 0. The average molecular weight is 309 g/mol. The largest absolute Gasteiger partial charge is 0.372 e. The Hall–Kier alpha value is -2.33. The fourth-order valence-corrected chi connectivity index (χ4v) is 2.85. The quantitative estimate of drug-likeness (QED) is 0.862. The monoisotopic (exact) mass is 309 g/mol. The van der Waals surface area contributed by atoms with Crippen LogP contribution in [-0.4, -0.2) is 25.5 Å². The van der Waals surface area contributed by atoms with Crippen molar-refractivity contribution >= 4 is 17.3 Å². The fraction of sp³-hybridized carbons (Fsp3) is 0.316. The number of nitrogens with one attached hydrogen (secondary N) is 2. The highest BCUT2D eigenvalue weighted by Gasteiger charge is 2.12. The molecule has 0 atom stereocenters. The van der Waals surface area contributed by atoms with Crippen molar-refractivity contribution in [3.05, 3.63) is 60.2 Å². The molecule has 1 amide bonds. The number of amides is 1. The number of nitrogens with zero attached hydrogens (tertiary/aromatic N) is 1. The van der Waals surface area contributed by atoms with Crippen LogP contribution in [0, 0.1) is 0 Å². The summed E-state index contributed by atoms with van der Waals surface area (Å²) in [7, 11) is 0. The third-order valence-corrected chi connectivity index (χ3v) is 4.08. The molecule has 0 radical (unpaired) electrons. The fourth-order valence-electron chi connectivity index (χ4n) is 2.85. The standard InChI is InChI=1S/C19H23N3O/c23-19(15-20-14-16-6-2-1-3-7-16)21-17-8-10-18(11-9-17)22-12-4-5-13-22/h1-3,6-11,20H,4-5,12-15H2,(H,21,23). The van der Waals surface area contributed by atoms with E-state index in [-0.39, 0.29) is 5.91 Å². The first-order valence-electron chi connectivity index (χ1n) is 8.21. The zero-order valence-electron chi connectivity index (χ0n) is 13.3. The van der Waals surface area contributed by atoms with Crippen molar-refractivity contribution in [2.75, 3.05) is 29.9 Å². The van der Waals surface area contributed by atoms with Crippen LogP contribution in [0.15, 0.2) is 54.6 Å². The maximum atomic E-state index is 12.0. The minimum Gasteiger partial charge on any atom is -0.372 e. The predicted octanol–water partition coefficient (Wildman–Crippen LogP) is 3.02. The number of carbonyl (C=O) groups excluding carboxylic acids is 1. The maximum absolute atomic E-state index is 12.0. The van der Waals surface area contributed by atoms with Crippen molar-refractivity contribution in [1.82, 2.24) is 5.32 Å². The van der Waals surface area contributed by atoms with Gasteiger partial charge in [0.05, 0.1) is 6.54 Å². The third-order valence-electron chi connectivity index (χ3n) is 4.08. The van der Waals surface area contributed by atoms with E-state index in [9.17, 15) is 4.79 Å². The van der Waals surface area contributed by atoms with Crippen molar-refractivity contribution < 1.29 is 4.79 Å². The van der Waals surface area contributed by atoms with Gasteiger partial charge < -0.3 is 15.5 Å². The molecule has 120 valence electrons. The van der Waals surface area contributed by atoms with Gasteiger partial charge >= 0.3 is 0 Å². The molecule has 4 heteroatoms. The highest BCUT2D eigenvalue weighted by atomic mass is 16.1. The van der Waals surface area contributed by atoms with Gasteiger partial charge in [-0.2, -0.15) is 0 Å². The highest BCUT2D eigenvalue weighted by molar-refractivity contribution is 5.92. The van der Waals surface area contributed by atoms with Crippen molar-refractivity contribution in [3.8, 4) is 0 Å². The molecule has 23 heavy (non-hydrogen) atoms. The lowest BCUT2D eigenvalue weighted by atomic mass is 10.2. The van der Waals surface area contributed by atoms with Gasteiger partial charge in [0.2, 0.25) is 5.91 Å². The third kappa shape index (κ3) is 4.57. The van der Waals surface area contributed by atoms with Crippen LogP contribution in [0.1, 0.15) is 18.4 Å². The molecule has 0 bridgehead atoms. The van der Waals surface area contributed by atoms with Crippen LogP contribution in [0.2, 0.25) is 0 Å². The summed E-state index contributed by atoms with van der Waals surface area (Å²) in [6, 6.07) is 18.2. The van der Waals surface area contributed by atoms with Crippen molar-refractivity contribution in [3.63, 3.8) is 0 Å². The second kappa shape index (κ2) is 7.79. The van der Waals surface area contributed by atoms with Gasteiger partial charge in [0.15, 0.2) is 0 Å². The van der Waals surface area contributed by atoms with Gasteiger partial charge in [0.1, 0.15) is 0 Å². The molecule has 0 aliphatic carbocycles. The lowest BCUT2D eigenvalue weighted by Gasteiger charge is -2.17. The molecular formula is C19H23N3O. The van der Waals surface area contributed by atoms with Crippen molar-refractivity contribution in [2.45, 2.75) is 19.4 Å². The molecule has 0 unspecified atom stereocenters. The van der Waals surface area contributed by atoms with Crippen LogP contribution in [0.4, 0.5) is 11.4 Å². The number of carbonyl (C=O) groups is 1. The molecule has 0 aromatic heterocycles. The molecule has 1 saturated heterocycles. The van der Waals surface area contributed by atoms with Gasteiger partial charge in [-0.1, -0.05) is 30.3 Å². The van der Waals surface area contributed by atoms with Crippen molar-refractivity contribution in [1.29, 1.82) is 0 Å². The smallest absolute Gasteiger partial charge is 0.238 e. The normalized spacial score (nSPS) is 14.0. The lowest BCUT2D eigenvalue weighted by molar-refractivity contribution is -0.115. The number of rotatable bonds is 6. The molecule has 0 spiro atoms.